The van der Waals surface area contributed by atoms with Crippen molar-refractivity contribution in [2.75, 3.05) is 0 Å². The molecule has 1 nitrogen and oxygen atoms in total. The Kier molecular flexibility index (Phi) is 4.08. The topological polar surface area (TPSA) is 20.2 Å². The molecule has 0 radical (unpaired) electrons. The van der Waals surface area contributed by atoms with Gasteiger partial charge in [0.05, 0.1) is 6.10 Å². The van der Waals surface area contributed by atoms with Crippen LogP contribution in [-0.4, -0.2) is 11.2 Å². The van der Waals surface area contributed by atoms with E-state index in [0.717, 1.165) is 18.4 Å². The Morgan fingerprint density at radius 1 is 1.43 bits per heavy atom. The monoisotopic (exact) mass is 196 g/mol. The molecule has 2 unspecified atom stereocenters. The highest BCUT2D eigenvalue weighted by molar-refractivity contribution is 5.21. The molecule has 14 heavy (non-hydrogen) atoms. The van der Waals surface area contributed by atoms with Crippen LogP contribution in [0.2, 0.25) is 0 Å². The van der Waals surface area contributed by atoms with Gasteiger partial charge in [-0.05, 0) is 24.1 Å². The zero-order valence-electron chi connectivity index (χ0n) is 8.70. The molecular formula is C12H17FO. The van der Waals surface area contributed by atoms with E-state index in [9.17, 15) is 9.50 Å². The number of halogens is 1. The quantitative estimate of drug-likeness (QED) is 0.784. The van der Waals surface area contributed by atoms with Gasteiger partial charge in [-0.1, -0.05) is 32.4 Å². The Morgan fingerprint density at radius 2 is 2.14 bits per heavy atom. The molecule has 1 aromatic rings. The molecule has 1 aromatic carbocycles. The third-order valence-corrected chi connectivity index (χ3v) is 2.54. The second kappa shape index (κ2) is 5.11. The van der Waals surface area contributed by atoms with Crippen LogP contribution in [0.1, 0.15) is 38.2 Å². The first-order chi connectivity index (χ1) is 6.65. The summed E-state index contributed by atoms with van der Waals surface area (Å²) in [5, 5.41) is 9.74. The van der Waals surface area contributed by atoms with Gasteiger partial charge in [0, 0.05) is 5.92 Å². The van der Waals surface area contributed by atoms with Crippen LogP contribution >= 0.6 is 0 Å². The number of hydrogen-bond acceptors (Lipinski definition) is 1. The van der Waals surface area contributed by atoms with Crippen molar-refractivity contribution >= 4 is 0 Å². The van der Waals surface area contributed by atoms with E-state index in [-0.39, 0.29) is 17.8 Å². The van der Waals surface area contributed by atoms with Gasteiger partial charge in [0.25, 0.3) is 0 Å². The molecule has 0 aliphatic heterocycles. The molecule has 0 spiro atoms. The normalized spacial score (nSPS) is 15.1. The number of aliphatic hydroxyl groups is 1. The zero-order valence-corrected chi connectivity index (χ0v) is 8.70. The highest BCUT2D eigenvalue weighted by Gasteiger charge is 2.15. The van der Waals surface area contributed by atoms with Gasteiger partial charge < -0.3 is 5.11 Å². The van der Waals surface area contributed by atoms with Gasteiger partial charge in [-0.3, -0.25) is 0 Å². The summed E-state index contributed by atoms with van der Waals surface area (Å²) >= 11 is 0. The zero-order chi connectivity index (χ0) is 10.6. The Morgan fingerprint density at radius 3 is 2.71 bits per heavy atom. The lowest BCUT2D eigenvalue weighted by molar-refractivity contribution is 0.138. The van der Waals surface area contributed by atoms with Crippen molar-refractivity contribution < 1.29 is 9.50 Å². The third-order valence-electron chi connectivity index (χ3n) is 2.54. The van der Waals surface area contributed by atoms with Crippen molar-refractivity contribution in [2.45, 2.75) is 38.7 Å². The maximum Gasteiger partial charge on any atom is 0.123 e. The Hall–Kier alpha value is -0.890. The van der Waals surface area contributed by atoms with Crippen LogP contribution in [0.25, 0.3) is 0 Å². The lowest BCUT2D eigenvalue weighted by Crippen LogP contribution is -2.15. The van der Waals surface area contributed by atoms with Crippen molar-refractivity contribution in [3.05, 3.63) is 35.6 Å². The van der Waals surface area contributed by atoms with E-state index in [0.29, 0.717) is 0 Å². The second-order valence-corrected chi connectivity index (χ2v) is 3.70. The summed E-state index contributed by atoms with van der Waals surface area (Å²) < 4.78 is 12.9. The minimum absolute atomic E-state index is 0.00523. The van der Waals surface area contributed by atoms with Gasteiger partial charge in [-0.25, -0.2) is 4.39 Å². The molecular weight excluding hydrogens is 179 g/mol. The van der Waals surface area contributed by atoms with Gasteiger partial charge in [0.1, 0.15) is 5.82 Å². The number of aliphatic hydroxyl groups excluding tert-OH is 1. The van der Waals surface area contributed by atoms with Crippen molar-refractivity contribution in [1.82, 2.24) is 0 Å². The Labute approximate surface area is 84.6 Å². The van der Waals surface area contributed by atoms with E-state index in [2.05, 4.69) is 0 Å². The van der Waals surface area contributed by atoms with Gasteiger partial charge >= 0.3 is 0 Å². The molecule has 0 aliphatic carbocycles. The molecule has 0 fully saturated rings. The molecule has 0 saturated heterocycles. The number of hydrogen-bond donors (Lipinski definition) is 1. The highest BCUT2D eigenvalue weighted by atomic mass is 19.1. The summed E-state index contributed by atoms with van der Waals surface area (Å²) in [7, 11) is 0. The Balaban J connectivity index is 2.73. The van der Waals surface area contributed by atoms with Crippen molar-refractivity contribution in [3.63, 3.8) is 0 Å². The van der Waals surface area contributed by atoms with E-state index in [1.165, 1.54) is 12.1 Å². The van der Waals surface area contributed by atoms with Crippen LogP contribution in [0.5, 0.6) is 0 Å². The molecule has 0 bridgehead atoms. The first-order valence-corrected chi connectivity index (χ1v) is 5.08. The van der Waals surface area contributed by atoms with Crippen LogP contribution in [-0.2, 0) is 0 Å². The maximum absolute atomic E-state index is 12.9. The molecule has 0 aliphatic rings. The van der Waals surface area contributed by atoms with Gasteiger partial charge in [-0.15, -0.1) is 0 Å². The fraction of sp³-hybridized carbons (Fsp3) is 0.500. The van der Waals surface area contributed by atoms with Crippen LogP contribution in [0.4, 0.5) is 4.39 Å². The summed E-state index contributed by atoms with van der Waals surface area (Å²) in [6.07, 6.45) is 1.33. The first-order valence-electron chi connectivity index (χ1n) is 5.08. The van der Waals surface area contributed by atoms with Crippen LogP contribution in [0, 0.1) is 5.82 Å². The van der Waals surface area contributed by atoms with Crippen LogP contribution < -0.4 is 0 Å². The van der Waals surface area contributed by atoms with Crippen LogP contribution in [0.15, 0.2) is 24.3 Å². The molecule has 78 valence electrons. The maximum atomic E-state index is 12.9. The average molecular weight is 196 g/mol. The predicted octanol–water partition coefficient (Wildman–Crippen LogP) is 3.09. The smallest absolute Gasteiger partial charge is 0.123 e. The van der Waals surface area contributed by atoms with E-state index in [1.54, 1.807) is 6.07 Å². The molecule has 0 saturated carbocycles. The largest absolute Gasteiger partial charge is 0.393 e. The Bertz CT molecular complexity index is 285. The summed E-state index contributed by atoms with van der Waals surface area (Å²) in [4.78, 5) is 0. The van der Waals surface area contributed by atoms with Gasteiger partial charge in [-0.2, -0.15) is 0 Å². The summed E-state index contributed by atoms with van der Waals surface area (Å²) in [5.74, 6) is -0.233. The minimum atomic E-state index is -0.373. The van der Waals surface area contributed by atoms with Crippen molar-refractivity contribution in [1.29, 1.82) is 0 Å². The molecule has 2 atom stereocenters. The van der Waals surface area contributed by atoms with Gasteiger partial charge in [0.15, 0.2) is 0 Å². The van der Waals surface area contributed by atoms with E-state index in [4.69, 9.17) is 0 Å². The average Bonchev–Trinajstić information content (AvgIpc) is 2.17. The number of benzene rings is 1. The SMILES string of the molecule is CCCC(O)C(C)c1cccc(F)c1. The molecule has 1 rings (SSSR count). The standard InChI is InChI=1S/C12H17FO/c1-3-5-12(14)9(2)10-6-4-7-11(13)8-10/h4,6-9,12,14H,3,5H2,1-2H3. The van der Waals surface area contributed by atoms with Crippen molar-refractivity contribution in [2.24, 2.45) is 0 Å². The fourth-order valence-electron chi connectivity index (χ4n) is 1.56. The molecule has 0 aromatic heterocycles. The summed E-state index contributed by atoms with van der Waals surface area (Å²) in [5.41, 5.74) is 0.867. The van der Waals surface area contributed by atoms with E-state index >= 15 is 0 Å². The van der Waals surface area contributed by atoms with Crippen molar-refractivity contribution in [3.8, 4) is 0 Å². The lowest BCUT2D eigenvalue weighted by atomic mass is 9.93. The molecule has 0 amide bonds. The summed E-state index contributed by atoms with van der Waals surface area (Å²) in [6, 6.07) is 6.44. The lowest BCUT2D eigenvalue weighted by Gasteiger charge is -2.18. The minimum Gasteiger partial charge on any atom is -0.393 e. The van der Waals surface area contributed by atoms with E-state index < -0.39 is 0 Å². The number of rotatable bonds is 4. The molecule has 1 N–H and O–H groups in total. The fourth-order valence-corrected chi connectivity index (χ4v) is 1.56. The third kappa shape index (κ3) is 2.81. The molecule has 0 heterocycles. The second-order valence-electron chi connectivity index (χ2n) is 3.70. The van der Waals surface area contributed by atoms with E-state index in [1.807, 2.05) is 19.9 Å². The summed E-state index contributed by atoms with van der Waals surface area (Å²) in [6.45, 7) is 3.95. The van der Waals surface area contributed by atoms with Crippen LogP contribution in [0.3, 0.4) is 0 Å². The van der Waals surface area contributed by atoms with Gasteiger partial charge in [0.2, 0.25) is 0 Å². The predicted molar refractivity (Wildman–Crippen MR) is 55.7 cm³/mol. The molecule has 2 heteroatoms. The first kappa shape index (κ1) is 11.2. The highest BCUT2D eigenvalue weighted by Crippen LogP contribution is 2.22.